The SMILES string of the molecule is CCOc1cc(F)ccc1NC(=O)CC1CCCCC1N.Cl. The third kappa shape index (κ3) is 5.14. The first-order valence-corrected chi connectivity index (χ1v) is 7.58. The molecule has 1 aromatic rings. The highest BCUT2D eigenvalue weighted by Crippen LogP contribution is 2.28. The van der Waals surface area contributed by atoms with E-state index >= 15 is 0 Å². The van der Waals surface area contributed by atoms with E-state index in [0.29, 0.717) is 24.5 Å². The molecular weight excluding hydrogens is 307 g/mol. The van der Waals surface area contributed by atoms with Crippen molar-refractivity contribution < 1.29 is 13.9 Å². The molecule has 1 saturated carbocycles. The van der Waals surface area contributed by atoms with Gasteiger partial charge in [-0.05, 0) is 37.8 Å². The first-order valence-electron chi connectivity index (χ1n) is 7.58. The fraction of sp³-hybridized carbons (Fsp3) is 0.562. The van der Waals surface area contributed by atoms with Crippen molar-refractivity contribution in [3.63, 3.8) is 0 Å². The third-order valence-corrected chi connectivity index (χ3v) is 3.93. The minimum absolute atomic E-state index is 0. The van der Waals surface area contributed by atoms with Crippen molar-refractivity contribution in [1.29, 1.82) is 0 Å². The maximum absolute atomic E-state index is 13.2. The van der Waals surface area contributed by atoms with E-state index in [-0.39, 0.29) is 36.1 Å². The molecule has 0 radical (unpaired) electrons. The number of halogens is 2. The molecule has 1 aliphatic rings. The van der Waals surface area contributed by atoms with Crippen LogP contribution in [0.4, 0.5) is 10.1 Å². The number of nitrogens with one attached hydrogen (secondary N) is 1. The molecule has 1 aliphatic carbocycles. The van der Waals surface area contributed by atoms with Crippen molar-refractivity contribution >= 4 is 24.0 Å². The summed E-state index contributed by atoms with van der Waals surface area (Å²) in [5.74, 6) is 0.115. The van der Waals surface area contributed by atoms with Gasteiger partial charge in [0.25, 0.3) is 0 Å². The van der Waals surface area contributed by atoms with Crippen LogP contribution in [-0.4, -0.2) is 18.6 Å². The number of rotatable bonds is 5. The molecular formula is C16H24ClFN2O2. The molecule has 1 amide bonds. The molecule has 2 unspecified atom stereocenters. The third-order valence-electron chi connectivity index (χ3n) is 3.93. The number of carbonyl (C=O) groups excluding carboxylic acids is 1. The van der Waals surface area contributed by atoms with Crippen LogP contribution < -0.4 is 15.8 Å². The predicted molar refractivity (Wildman–Crippen MR) is 88.0 cm³/mol. The number of amides is 1. The normalized spacial score (nSPS) is 20.9. The molecule has 1 aromatic carbocycles. The molecule has 0 bridgehead atoms. The van der Waals surface area contributed by atoms with Gasteiger partial charge in [-0.1, -0.05) is 12.8 Å². The number of hydrogen-bond acceptors (Lipinski definition) is 3. The molecule has 1 fully saturated rings. The molecule has 0 spiro atoms. The van der Waals surface area contributed by atoms with E-state index in [9.17, 15) is 9.18 Å². The van der Waals surface area contributed by atoms with E-state index in [1.54, 1.807) is 0 Å². The maximum Gasteiger partial charge on any atom is 0.224 e. The van der Waals surface area contributed by atoms with Gasteiger partial charge in [-0.2, -0.15) is 0 Å². The van der Waals surface area contributed by atoms with Crippen LogP contribution in [0.5, 0.6) is 5.75 Å². The lowest BCUT2D eigenvalue weighted by molar-refractivity contribution is -0.117. The Labute approximate surface area is 137 Å². The first kappa shape index (κ1) is 18.7. The van der Waals surface area contributed by atoms with Crippen LogP contribution in [0.25, 0.3) is 0 Å². The van der Waals surface area contributed by atoms with Crippen LogP contribution in [0, 0.1) is 11.7 Å². The molecule has 2 rings (SSSR count). The average molecular weight is 331 g/mol. The molecule has 22 heavy (non-hydrogen) atoms. The quantitative estimate of drug-likeness (QED) is 0.868. The van der Waals surface area contributed by atoms with E-state index in [2.05, 4.69) is 5.32 Å². The summed E-state index contributed by atoms with van der Waals surface area (Å²) in [6.07, 6.45) is 4.66. The number of ether oxygens (including phenoxy) is 1. The Hall–Kier alpha value is -1.33. The average Bonchev–Trinajstić information content (AvgIpc) is 2.45. The van der Waals surface area contributed by atoms with Gasteiger partial charge in [-0.25, -0.2) is 4.39 Å². The maximum atomic E-state index is 13.2. The van der Waals surface area contributed by atoms with Crippen molar-refractivity contribution in [2.24, 2.45) is 11.7 Å². The van der Waals surface area contributed by atoms with Gasteiger partial charge in [0.1, 0.15) is 11.6 Å². The minimum atomic E-state index is -0.384. The second kappa shape index (κ2) is 8.96. The molecule has 0 saturated heterocycles. The Morgan fingerprint density at radius 3 is 2.82 bits per heavy atom. The van der Waals surface area contributed by atoms with Gasteiger partial charge in [-0.3, -0.25) is 4.79 Å². The van der Waals surface area contributed by atoms with Crippen LogP contribution in [-0.2, 0) is 4.79 Å². The zero-order chi connectivity index (χ0) is 15.2. The lowest BCUT2D eigenvalue weighted by Crippen LogP contribution is -2.35. The lowest BCUT2D eigenvalue weighted by Gasteiger charge is -2.28. The molecule has 4 nitrogen and oxygen atoms in total. The second-order valence-corrected chi connectivity index (χ2v) is 5.53. The summed E-state index contributed by atoms with van der Waals surface area (Å²) in [4.78, 5) is 12.2. The predicted octanol–water partition coefficient (Wildman–Crippen LogP) is 3.49. The highest BCUT2D eigenvalue weighted by molar-refractivity contribution is 5.92. The smallest absolute Gasteiger partial charge is 0.224 e. The van der Waals surface area contributed by atoms with Gasteiger partial charge in [0.2, 0.25) is 5.91 Å². The lowest BCUT2D eigenvalue weighted by atomic mass is 9.83. The molecule has 0 aliphatic heterocycles. The van der Waals surface area contributed by atoms with E-state index in [1.807, 2.05) is 6.92 Å². The summed E-state index contributed by atoms with van der Waals surface area (Å²) in [7, 11) is 0. The Balaban J connectivity index is 0.00000242. The fourth-order valence-electron chi connectivity index (χ4n) is 2.80. The first-order chi connectivity index (χ1) is 10.1. The molecule has 6 heteroatoms. The van der Waals surface area contributed by atoms with E-state index < -0.39 is 0 Å². The summed E-state index contributed by atoms with van der Waals surface area (Å²) in [6.45, 7) is 2.23. The summed E-state index contributed by atoms with van der Waals surface area (Å²) in [6, 6.07) is 4.22. The summed E-state index contributed by atoms with van der Waals surface area (Å²) >= 11 is 0. The van der Waals surface area contributed by atoms with Crippen molar-refractivity contribution in [3.05, 3.63) is 24.0 Å². The second-order valence-electron chi connectivity index (χ2n) is 5.53. The van der Waals surface area contributed by atoms with Crippen LogP contribution in [0.15, 0.2) is 18.2 Å². The highest BCUT2D eigenvalue weighted by Gasteiger charge is 2.24. The van der Waals surface area contributed by atoms with Crippen molar-refractivity contribution in [1.82, 2.24) is 0 Å². The van der Waals surface area contributed by atoms with Gasteiger partial charge in [0, 0.05) is 18.5 Å². The van der Waals surface area contributed by atoms with Crippen LogP contribution in [0.1, 0.15) is 39.0 Å². The molecule has 0 heterocycles. The Kier molecular flexibility index (Phi) is 7.62. The van der Waals surface area contributed by atoms with Crippen molar-refractivity contribution in [2.45, 2.75) is 45.1 Å². The van der Waals surface area contributed by atoms with E-state index in [1.165, 1.54) is 18.2 Å². The van der Waals surface area contributed by atoms with E-state index in [4.69, 9.17) is 10.5 Å². The number of anilines is 1. The van der Waals surface area contributed by atoms with Crippen molar-refractivity contribution in [2.75, 3.05) is 11.9 Å². The summed E-state index contributed by atoms with van der Waals surface area (Å²) < 4.78 is 18.6. The zero-order valence-corrected chi connectivity index (χ0v) is 13.6. The highest BCUT2D eigenvalue weighted by atomic mass is 35.5. The number of carbonyl (C=O) groups is 1. The minimum Gasteiger partial charge on any atom is -0.492 e. The Morgan fingerprint density at radius 1 is 1.41 bits per heavy atom. The van der Waals surface area contributed by atoms with Crippen LogP contribution >= 0.6 is 12.4 Å². The number of nitrogens with two attached hydrogens (primary N) is 1. The largest absolute Gasteiger partial charge is 0.492 e. The number of benzene rings is 1. The molecule has 2 atom stereocenters. The fourth-order valence-corrected chi connectivity index (χ4v) is 2.80. The van der Waals surface area contributed by atoms with Gasteiger partial charge in [0.15, 0.2) is 0 Å². The zero-order valence-electron chi connectivity index (χ0n) is 12.8. The molecule has 124 valence electrons. The van der Waals surface area contributed by atoms with Gasteiger partial charge in [0.05, 0.1) is 12.3 Å². The van der Waals surface area contributed by atoms with Crippen molar-refractivity contribution in [3.8, 4) is 5.75 Å². The standard InChI is InChI=1S/C16H23FN2O2.ClH/c1-2-21-15-10-12(17)7-8-14(15)19-16(20)9-11-5-3-4-6-13(11)18;/h7-8,10-11,13H,2-6,9,18H2,1H3,(H,19,20);1H. The van der Waals surface area contributed by atoms with Gasteiger partial charge in [-0.15, -0.1) is 12.4 Å². The molecule has 0 aromatic heterocycles. The topological polar surface area (TPSA) is 64.3 Å². The Morgan fingerprint density at radius 2 is 2.14 bits per heavy atom. The van der Waals surface area contributed by atoms with E-state index in [0.717, 1.165) is 25.7 Å². The number of hydrogen-bond donors (Lipinski definition) is 2. The van der Waals surface area contributed by atoms with Gasteiger partial charge >= 0.3 is 0 Å². The van der Waals surface area contributed by atoms with Crippen LogP contribution in [0.3, 0.4) is 0 Å². The summed E-state index contributed by atoms with van der Waals surface area (Å²) in [5.41, 5.74) is 6.57. The Bertz CT molecular complexity index is 499. The van der Waals surface area contributed by atoms with Crippen LogP contribution in [0.2, 0.25) is 0 Å². The monoisotopic (exact) mass is 330 g/mol. The van der Waals surface area contributed by atoms with Gasteiger partial charge < -0.3 is 15.8 Å². The summed E-state index contributed by atoms with van der Waals surface area (Å²) in [5, 5.41) is 2.80. The molecule has 3 N–H and O–H groups in total.